The lowest BCUT2D eigenvalue weighted by Crippen LogP contribution is -2.18. The Kier molecular flexibility index (Phi) is 3.27. The summed E-state index contributed by atoms with van der Waals surface area (Å²) in [5.41, 5.74) is 3.80. The van der Waals surface area contributed by atoms with E-state index in [2.05, 4.69) is 25.3 Å². The van der Waals surface area contributed by atoms with Gasteiger partial charge in [0.05, 0.1) is 18.5 Å². The number of hydrogen-bond acceptors (Lipinski definition) is 6. The summed E-state index contributed by atoms with van der Waals surface area (Å²) in [6.45, 7) is 1.35. The Morgan fingerprint density at radius 3 is 3.09 bits per heavy atom. The van der Waals surface area contributed by atoms with Gasteiger partial charge in [-0.1, -0.05) is 0 Å². The second kappa shape index (κ2) is 5.42. The van der Waals surface area contributed by atoms with Crippen LogP contribution >= 0.6 is 0 Å². The van der Waals surface area contributed by atoms with Crippen LogP contribution in [0.15, 0.2) is 27.2 Å². The van der Waals surface area contributed by atoms with Crippen LogP contribution < -0.4 is 0 Å². The minimum Gasteiger partial charge on any atom is -0.459 e. The third-order valence-corrected chi connectivity index (χ3v) is 3.92. The van der Waals surface area contributed by atoms with Gasteiger partial charge in [-0.2, -0.15) is 5.10 Å². The largest absolute Gasteiger partial charge is 0.459 e. The lowest BCUT2D eigenvalue weighted by atomic mass is 10.2. The first-order chi connectivity index (χ1) is 10.8. The molecule has 7 heteroatoms. The average Bonchev–Trinajstić information content (AvgIpc) is 3.24. The molecule has 3 heterocycles. The fourth-order valence-corrected chi connectivity index (χ4v) is 2.88. The van der Waals surface area contributed by atoms with Crippen molar-refractivity contribution >= 4 is 0 Å². The number of furan rings is 1. The Morgan fingerprint density at radius 1 is 1.27 bits per heavy atom. The Hall–Kier alpha value is -2.41. The molecule has 7 nitrogen and oxygen atoms in total. The number of H-pyrrole nitrogens is 1. The van der Waals surface area contributed by atoms with E-state index in [1.54, 1.807) is 18.4 Å². The van der Waals surface area contributed by atoms with Gasteiger partial charge < -0.3 is 8.83 Å². The molecule has 0 aromatic carbocycles. The van der Waals surface area contributed by atoms with Gasteiger partial charge >= 0.3 is 0 Å². The maximum Gasteiger partial charge on any atom is 0.283 e. The molecule has 0 saturated carbocycles. The van der Waals surface area contributed by atoms with Crippen LogP contribution in [-0.4, -0.2) is 32.3 Å². The molecule has 3 aromatic heterocycles. The molecule has 0 spiro atoms. The molecule has 0 radical (unpaired) electrons. The molecule has 4 rings (SSSR count). The maximum absolute atomic E-state index is 5.62. The molecule has 114 valence electrons. The highest BCUT2D eigenvalue weighted by Crippen LogP contribution is 2.24. The van der Waals surface area contributed by atoms with Gasteiger partial charge in [0.25, 0.3) is 5.89 Å². The number of hydrogen-bond donors (Lipinski definition) is 1. The van der Waals surface area contributed by atoms with Gasteiger partial charge in [-0.05, 0) is 44.0 Å². The number of aromatic amines is 1. The second-order valence-corrected chi connectivity index (χ2v) is 5.63. The minimum absolute atomic E-state index is 0.411. The van der Waals surface area contributed by atoms with Gasteiger partial charge in [-0.3, -0.25) is 10.00 Å². The van der Waals surface area contributed by atoms with Crippen LogP contribution in [-0.2, 0) is 25.9 Å². The van der Waals surface area contributed by atoms with Crippen molar-refractivity contribution in [3.63, 3.8) is 0 Å². The number of rotatable bonds is 5. The zero-order valence-corrected chi connectivity index (χ0v) is 12.4. The number of aryl methyl sites for hydroxylation is 1. The molecule has 0 amide bonds. The quantitative estimate of drug-likeness (QED) is 0.777. The van der Waals surface area contributed by atoms with E-state index in [0.29, 0.717) is 24.1 Å². The van der Waals surface area contributed by atoms with Crippen molar-refractivity contribution in [1.29, 1.82) is 0 Å². The highest BCUT2D eigenvalue weighted by atomic mass is 16.4. The van der Waals surface area contributed by atoms with Gasteiger partial charge in [0.1, 0.15) is 0 Å². The zero-order valence-electron chi connectivity index (χ0n) is 12.4. The van der Waals surface area contributed by atoms with E-state index in [-0.39, 0.29) is 0 Å². The van der Waals surface area contributed by atoms with Crippen LogP contribution in [0.3, 0.4) is 0 Å². The molecule has 1 aliphatic rings. The summed E-state index contributed by atoms with van der Waals surface area (Å²) in [4.78, 5) is 2.12. The predicted octanol–water partition coefficient (Wildman–Crippen LogP) is 2.17. The van der Waals surface area contributed by atoms with Crippen LogP contribution in [0.2, 0.25) is 0 Å². The number of fused-ring (bicyclic) bond motifs is 1. The summed E-state index contributed by atoms with van der Waals surface area (Å²) in [5.74, 6) is 1.57. The van der Waals surface area contributed by atoms with E-state index < -0.39 is 0 Å². The van der Waals surface area contributed by atoms with Gasteiger partial charge in [0, 0.05) is 12.2 Å². The van der Waals surface area contributed by atoms with Crippen molar-refractivity contribution in [3.05, 3.63) is 41.2 Å². The molecule has 0 bridgehead atoms. The zero-order chi connectivity index (χ0) is 14.9. The first-order valence-corrected chi connectivity index (χ1v) is 7.39. The molecule has 0 fully saturated rings. The molecule has 1 aliphatic carbocycles. The molecule has 3 aromatic rings. The minimum atomic E-state index is 0.411. The van der Waals surface area contributed by atoms with Gasteiger partial charge in [-0.25, -0.2) is 0 Å². The van der Waals surface area contributed by atoms with Crippen LogP contribution in [0.4, 0.5) is 0 Å². The number of aromatic nitrogens is 4. The first-order valence-electron chi connectivity index (χ1n) is 7.39. The third-order valence-electron chi connectivity index (χ3n) is 3.92. The maximum atomic E-state index is 5.62. The summed E-state index contributed by atoms with van der Waals surface area (Å²) in [6, 6.07) is 3.59. The fourth-order valence-electron chi connectivity index (χ4n) is 2.88. The van der Waals surface area contributed by atoms with E-state index in [9.17, 15) is 0 Å². The van der Waals surface area contributed by atoms with Gasteiger partial charge in [0.15, 0.2) is 5.76 Å². The fraction of sp³-hybridized carbons (Fsp3) is 0.400. The Bertz CT molecular complexity index is 759. The van der Waals surface area contributed by atoms with Crippen LogP contribution in [0.5, 0.6) is 0 Å². The molecule has 0 atom stereocenters. The highest BCUT2D eigenvalue weighted by molar-refractivity contribution is 5.42. The molecule has 0 unspecified atom stereocenters. The molecule has 0 saturated heterocycles. The Morgan fingerprint density at radius 2 is 2.23 bits per heavy atom. The molecular formula is C15H17N5O2. The smallest absolute Gasteiger partial charge is 0.283 e. The molecule has 0 aliphatic heterocycles. The molecule has 1 N–H and O–H groups in total. The van der Waals surface area contributed by atoms with E-state index in [1.165, 1.54) is 17.7 Å². The number of nitrogens with zero attached hydrogens (tertiary/aromatic N) is 4. The third kappa shape index (κ3) is 2.43. The number of nitrogens with one attached hydrogen (secondary N) is 1. The van der Waals surface area contributed by atoms with Gasteiger partial charge in [-0.15, -0.1) is 10.2 Å². The normalized spacial score (nSPS) is 13.9. The van der Waals surface area contributed by atoms with Crippen LogP contribution in [0.25, 0.3) is 11.7 Å². The van der Waals surface area contributed by atoms with Crippen LogP contribution in [0.1, 0.15) is 29.3 Å². The predicted molar refractivity (Wildman–Crippen MR) is 77.8 cm³/mol. The second-order valence-electron chi connectivity index (χ2n) is 5.63. The standard InChI is InChI=1S/C15H17N5O2/c1-20(8-12-10-4-2-5-11(10)16-17-12)9-14-18-19-15(22-14)13-6-3-7-21-13/h3,6-7H,2,4-5,8-9H2,1H3,(H,16,17). The van der Waals surface area contributed by atoms with Crippen molar-refractivity contribution in [1.82, 2.24) is 25.3 Å². The first kappa shape index (κ1) is 13.3. The summed E-state index contributed by atoms with van der Waals surface area (Å²) in [5, 5.41) is 15.6. The summed E-state index contributed by atoms with van der Waals surface area (Å²) in [7, 11) is 2.02. The molecule has 22 heavy (non-hydrogen) atoms. The van der Waals surface area contributed by atoms with Crippen molar-refractivity contribution in [2.75, 3.05) is 7.05 Å². The topological polar surface area (TPSA) is 84.0 Å². The van der Waals surface area contributed by atoms with Crippen molar-refractivity contribution in [3.8, 4) is 11.7 Å². The highest BCUT2D eigenvalue weighted by Gasteiger charge is 2.20. The van der Waals surface area contributed by atoms with E-state index in [1.807, 2.05) is 7.05 Å². The van der Waals surface area contributed by atoms with Crippen molar-refractivity contribution in [2.45, 2.75) is 32.4 Å². The van der Waals surface area contributed by atoms with E-state index in [0.717, 1.165) is 25.1 Å². The van der Waals surface area contributed by atoms with Crippen molar-refractivity contribution in [2.24, 2.45) is 0 Å². The Labute approximate surface area is 127 Å². The summed E-state index contributed by atoms with van der Waals surface area (Å²) < 4.78 is 10.9. The Balaban J connectivity index is 1.42. The summed E-state index contributed by atoms with van der Waals surface area (Å²) >= 11 is 0. The lowest BCUT2D eigenvalue weighted by molar-refractivity contribution is 0.278. The van der Waals surface area contributed by atoms with Gasteiger partial charge in [0.2, 0.25) is 5.89 Å². The average molecular weight is 299 g/mol. The van der Waals surface area contributed by atoms with Crippen molar-refractivity contribution < 1.29 is 8.83 Å². The van der Waals surface area contributed by atoms with Crippen LogP contribution in [0, 0.1) is 0 Å². The molecular weight excluding hydrogens is 282 g/mol. The monoisotopic (exact) mass is 299 g/mol. The SMILES string of the molecule is CN(Cc1nnc(-c2ccco2)o1)Cc1n[nH]c2c1CCC2. The van der Waals surface area contributed by atoms with E-state index >= 15 is 0 Å². The summed E-state index contributed by atoms with van der Waals surface area (Å²) in [6.07, 6.45) is 5.04. The lowest BCUT2D eigenvalue weighted by Gasteiger charge is -2.13. The van der Waals surface area contributed by atoms with E-state index in [4.69, 9.17) is 8.83 Å².